The van der Waals surface area contributed by atoms with Gasteiger partial charge in [0.15, 0.2) is 0 Å². The maximum Gasteiger partial charge on any atom is 0.265 e. The van der Waals surface area contributed by atoms with Crippen molar-refractivity contribution in [2.24, 2.45) is 5.92 Å². The summed E-state index contributed by atoms with van der Waals surface area (Å²) in [4.78, 5) is 12.2. The molecule has 2 unspecified atom stereocenters. The number of pyridine rings is 1. The van der Waals surface area contributed by atoms with Crippen LogP contribution in [0.1, 0.15) is 23.6 Å². The van der Waals surface area contributed by atoms with Gasteiger partial charge in [0.05, 0.1) is 4.47 Å². The number of fused-ring (bicyclic) bond motifs is 4. The van der Waals surface area contributed by atoms with Gasteiger partial charge in [0.25, 0.3) is 5.56 Å². The molecular weight excluding hydrogens is 268 g/mol. The van der Waals surface area contributed by atoms with E-state index in [1.165, 1.54) is 12.1 Å². The second kappa shape index (κ2) is 3.70. The summed E-state index contributed by atoms with van der Waals surface area (Å²) in [6.07, 6.45) is 1.23. The van der Waals surface area contributed by atoms with E-state index in [2.05, 4.69) is 27.3 Å². The second-order valence-corrected chi connectivity index (χ2v) is 5.73. The van der Waals surface area contributed by atoms with Gasteiger partial charge in [0.2, 0.25) is 0 Å². The molecule has 1 saturated heterocycles. The smallest absolute Gasteiger partial charge is 0.265 e. The lowest BCUT2D eigenvalue weighted by atomic mass is 9.84. The number of nitrogens with one attached hydrogen (secondary N) is 1. The zero-order valence-corrected chi connectivity index (χ0v) is 10.9. The molecule has 0 aromatic carbocycles. The first kappa shape index (κ1) is 10.5. The quantitative estimate of drug-likeness (QED) is 0.785. The number of hydrogen-bond acceptors (Lipinski definition) is 2. The topological polar surface area (TPSA) is 34.0 Å². The van der Waals surface area contributed by atoms with Crippen LogP contribution in [0.4, 0.5) is 0 Å². The number of piperidine rings is 1. The van der Waals surface area contributed by atoms with Crippen LogP contribution in [0.25, 0.3) is 0 Å². The molecule has 0 radical (unpaired) electrons. The molecule has 86 valence electrons. The van der Waals surface area contributed by atoms with E-state index in [0.29, 0.717) is 11.8 Å². The molecule has 16 heavy (non-hydrogen) atoms. The Bertz CT molecular complexity index is 495. The first-order valence-corrected chi connectivity index (χ1v) is 6.56. The maximum absolute atomic E-state index is 12.2. The fraction of sp³-hybridized carbons (Fsp3) is 0.583. The summed E-state index contributed by atoms with van der Waals surface area (Å²) in [7, 11) is 0. The molecule has 3 heterocycles. The Balaban J connectivity index is 2.20. The van der Waals surface area contributed by atoms with E-state index < -0.39 is 0 Å². The molecule has 0 saturated carbocycles. The molecule has 2 atom stereocenters. The van der Waals surface area contributed by atoms with Gasteiger partial charge in [-0.2, -0.15) is 0 Å². The van der Waals surface area contributed by atoms with Gasteiger partial charge in [-0.25, -0.2) is 0 Å². The van der Waals surface area contributed by atoms with Crippen molar-refractivity contribution in [3.63, 3.8) is 0 Å². The molecule has 1 aromatic heterocycles. The lowest BCUT2D eigenvalue weighted by molar-refractivity contribution is 0.256. The first-order valence-electron chi connectivity index (χ1n) is 5.77. The van der Waals surface area contributed by atoms with Gasteiger partial charge in [-0.1, -0.05) is 0 Å². The SMILES string of the molecule is Cc1cc2n(c(=O)c1Br)CC1CNCC2C1. The minimum atomic E-state index is 0.145. The number of aryl methyl sites for hydroxylation is 1. The Labute approximate surface area is 103 Å². The van der Waals surface area contributed by atoms with E-state index >= 15 is 0 Å². The van der Waals surface area contributed by atoms with Gasteiger partial charge in [0.1, 0.15) is 0 Å². The van der Waals surface area contributed by atoms with Crippen LogP contribution < -0.4 is 10.9 Å². The third kappa shape index (κ3) is 1.47. The number of rotatable bonds is 0. The Morgan fingerprint density at radius 1 is 1.50 bits per heavy atom. The molecule has 4 heteroatoms. The van der Waals surface area contributed by atoms with Crippen LogP contribution in [0.15, 0.2) is 15.3 Å². The summed E-state index contributed by atoms with van der Waals surface area (Å²) in [6, 6.07) is 2.17. The molecule has 3 nitrogen and oxygen atoms in total. The Kier molecular flexibility index (Phi) is 2.44. The van der Waals surface area contributed by atoms with Gasteiger partial charge in [-0.15, -0.1) is 0 Å². The Morgan fingerprint density at radius 3 is 3.12 bits per heavy atom. The molecule has 1 fully saturated rings. The van der Waals surface area contributed by atoms with Crippen LogP contribution in [-0.4, -0.2) is 17.7 Å². The van der Waals surface area contributed by atoms with Crippen molar-refractivity contribution in [3.05, 3.63) is 32.2 Å². The average molecular weight is 283 g/mol. The number of aromatic nitrogens is 1. The lowest BCUT2D eigenvalue weighted by Crippen LogP contribution is -2.45. The zero-order valence-electron chi connectivity index (χ0n) is 9.29. The molecular formula is C12H15BrN2O. The molecule has 1 aromatic rings. The normalized spacial score (nSPS) is 27.6. The molecule has 1 N–H and O–H groups in total. The van der Waals surface area contributed by atoms with E-state index in [9.17, 15) is 4.79 Å². The van der Waals surface area contributed by atoms with Crippen LogP contribution >= 0.6 is 15.9 Å². The maximum atomic E-state index is 12.2. The second-order valence-electron chi connectivity index (χ2n) is 4.94. The third-order valence-electron chi connectivity index (χ3n) is 3.76. The Morgan fingerprint density at radius 2 is 2.31 bits per heavy atom. The summed E-state index contributed by atoms with van der Waals surface area (Å²) in [5, 5.41) is 3.45. The summed E-state index contributed by atoms with van der Waals surface area (Å²) < 4.78 is 2.70. The highest BCUT2D eigenvalue weighted by Gasteiger charge is 2.31. The third-order valence-corrected chi connectivity index (χ3v) is 4.72. The minimum absolute atomic E-state index is 0.145. The fourth-order valence-electron chi connectivity index (χ4n) is 2.95. The van der Waals surface area contributed by atoms with Gasteiger partial charge < -0.3 is 9.88 Å². The number of halogens is 1. The molecule has 2 aliphatic heterocycles. The van der Waals surface area contributed by atoms with Crippen molar-refractivity contribution in [1.82, 2.24) is 9.88 Å². The van der Waals surface area contributed by atoms with E-state index in [4.69, 9.17) is 0 Å². The predicted molar refractivity (Wildman–Crippen MR) is 66.9 cm³/mol. The standard InChI is InChI=1S/C12H15BrN2O/c1-7-2-10-9-3-8(4-14-5-9)6-15(10)12(16)11(7)13/h2,8-9,14H,3-6H2,1H3. The molecule has 3 rings (SSSR count). The summed E-state index contributed by atoms with van der Waals surface area (Å²) in [5.74, 6) is 1.14. The highest BCUT2D eigenvalue weighted by molar-refractivity contribution is 9.10. The van der Waals surface area contributed by atoms with Crippen LogP contribution in [0, 0.1) is 12.8 Å². The predicted octanol–water partition coefficient (Wildman–Crippen LogP) is 1.63. The summed E-state index contributed by atoms with van der Waals surface area (Å²) in [6.45, 7) is 4.93. The number of nitrogens with zero attached hydrogens (tertiary/aromatic N) is 1. The van der Waals surface area contributed by atoms with Crippen molar-refractivity contribution in [1.29, 1.82) is 0 Å². The fourth-order valence-corrected chi connectivity index (χ4v) is 3.28. The van der Waals surface area contributed by atoms with Crippen molar-refractivity contribution in [3.8, 4) is 0 Å². The van der Waals surface area contributed by atoms with E-state index in [1.54, 1.807) is 0 Å². The highest BCUT2D eigenvalue weighted by Crippen LogP contribution is 2.32. The lowest BCUT2D eigenvalue weighted by Gasteiger charge is -2.37. The van der Waals surface area contributed by atoms with Crippen LogP contribution in [0.2, 0.25) is 0 Å². The molecule has 0 amide bonds. The largest absolute Gasteiger partial charge is 0.316 e. The monoisotopic (exact) mass is 282 g/mol. The highest BCUT2D eigenvalue weighted by atomic mass is 79.9. The molecule has 0 spiro atoms. The average Bonchev–Trinajstić information content (AvgIpc) is 2.29. The summed E-state index contributed by atoms with van der Waals surface area (Å²) >= 11 is 3.39. The number of hydrogen-bond donors (Lipinski definition) is 1. The van der Waals surface area contributed by atoms with Crippen molar-refractivity contribution >= 4 is 15.9 Å². The molecule has 0 aliphatic carbocycles. The zero-order chi connectivity index (χ0) is 11.3. The van der Waals surface area contributed by atoms with Crippen molar-refractivity contribution in [2.75, 3.05) is 13.1 Å². The van der Waals surface area contributed by atoms with Crippen molar-refractivity contribution in [2.45, 2.75) is 25.8 Å². The Hall–Kier alpha value is -0.610. The van der Waals surface area contributed by atoms with Gasteiger partial charge in [0, 0.05) is 24.7 Å². The minimum Gasteiger partial charge on any atom is -0.316 e. The van der Waals surface area contributed by atoms with Gasteiger partial charge >= 0.3 is 0 Å². The van der Waals surface area contributed by atoms with Crippen LogP contribution in [0.5, 0.6) is 0 Å². The van der Waals surface area contributed by atoms with E-state index in [-0.39, 0.29) is 5.56 Å². The van der Waals surface area contributed by atoms with Gasteiger partial charge in [-0.05, 0) is 53.4 Å². The summed E-state index contributed by atoms with van der Waals surface area (Å²) in [5.41, 5.74) is 2.42. The molecule has 2 bridgehead atoms. The molecule has 2 aliphatic rings. The van der Waals surface area contributed by atoms with Crippen LogP contribution in [0.3, 0.4) is 0 Å². The van der Waals surface area contributed by atoms with E-state index in [1.807, 2.05) is 11.5 Å². The first-order chi connectivity index (χ1) is 7.66. The van der Waals surface area contributed by atoms with Crippen molar-refractivity contribution < 1.29 is 0 Å². The van der Waals surface area contributed by atoms with Gasteiger partial charge in [-0.3, -0.25) is 4.79 Å². The van der Waals surface area contributed by atoms with E-state index in [0.717, 1.165) is 29.7 Å². The van der Waals surface area contributed by atoms with Crippen LogP contribution in [-0.2, 0) is 6.54 Å².